The van der Waals surface area contributed by atoms with Gasteiger partial charge in [0.05, 0.1) is 17.1 Å². The first kappa shape index (κ1) is 10.1. The van der Waals surface area contributed by atoms with Gasteiger partial charge in [0.2, 0.25) is 0 Å². The standard InChI is InChI=1S/C9H10BrNO2/c1-5(12)6-3-4-7(11)8(10)9(6)13-2/h3-4H,11H2,1-2H3. The number of hydrogen-bond acceptors (Lipinski definition) is 3. The number of nitrogen functional groups attached to an aromatic ring is 1. The lowest BCUT2D eigenvalue weighted by Crippen LogP contribution is -2.00. The van der Waals surface area contributed by atoms with E-state index in [1.165, 1.54) is 14.0 Å². The van der Waals surface area contributed by atoms with Gasteiger partial charge in [0.1, 0.15) is 5.75 Å². The highest BCUT2D eigenvalue weighted by Gasteiger charge is 2.12. The van der Waals surface area contributed by atoms with Crippen molar-refractivity contribution in [3.8, 4) is 5.75 Å². The van der Waals surface area contributed by atoms with Crippen LogP contribution in [0, 0.1) is 0 Å². The van der Waals surface area contributed by atoms with Gasteiger partial charge in [-0.25, -0.2) is 0 Å². The number of rotatable bonds is 2. The van der Waals surface area contributed by atoms with E-state index in [9.17, 15) is 4.79 Å². The molecule has 0 atom stereocenters. The first-order chi connectivity index (χ1) is 6.07. The molecular weight excluding hydrogens is 234 g/mol. The average molecular weight is 244 g/mol. The number of ether oxygens (including phenoxy) is 1. The highest BCUT2D eigenvalue weighted by molar-refractivity contribution is 9.10. The molecule has 1 aromatic rings. The highest BCUT2D eigenvalue weighted by atomic mass is 79.9. The largest absolute Gasteiger partial charge is 0.495 e. The Kier molecular flexibility index (Phi) is 2.93. The van der Waals surface area contributed by atoms with Crippen molar-refractivity contribution in [2.45, 2.75) is 6.92 Å². The summed E-state index contributed by atoms with van der Waals surface area (Å²) in [7, 11) is 1.51. The predicted molar refractivity (Wildman–Crippen MR) is 55.1 cm³/mol. The molecule has 1 aromatic carbocycles. The first-order valence-corrected chi connectivity index (χ1v) is 4.50. The maximum absolute atomic E-state index is 11.1. The third kappa shape index (κ3) is 1.83. The lowest BCUT2D eigenvalue weighted by Gasteiger charge is -2.09. The number of carbonyl (C=O) groups excluding carboxylic acids is 1. The first-order valence-electron chi connectivity index (χ1n) is 3.70. The third-order valence-electron chi connectivity index (χ3n) is 1.71. The minimum Gasteiger partial charge on any atom is -0.495 e. The van der Waals surface area contributed by atoms with Gasteiger partial charge in [0.25, 0.3) is 0 Å². The second kappa shape index (κ2) is 3.79. The summed E-state index contributed by atoms with van der Waals surface area (Å²) in [4.78, 5) is 11.1. The minimum absolute atomic E-state index is 0.0439. The van der Waals surface area contributed by atoms with Gasteiger partial charge in [0, 0.05) is 5.69 Å². The Labute approximate surface area is 85.0 Å². The van der Waals surface area contributed by atoms with Gasteiger partial charge in [-0.3, -0.25) is 4.79 Å². The summed E-state index contributed by atoms with van der Waals surface area (Å²) in [5, 5.41) is 0. The fourth-order valence-electron chi connectivity index (χ4n) is 1.05. The Morgan fingerprint density at radius 3 is 2.62 bits per heavy atom. The number of hydrogen-bond donors (Lipinski definition) is 1. The van der Waals surface area contributed by atoms with Crippen LogP contribution in [-0.4, -0.2) is 12.9 Å². The second-order valence-electron chi connectivity index (χ2n) is 2.61. The lowest BCUT2D eigenvalue weighted by atomic mass is 10.1. The normalized spacial score (nSPS) is 9.77. The molecule has 2 N–H and O–H groups in total. The zero-order chi connectivity index (χ0) is 10.0. The maximum Gasteiger partial charge on any atom is 0.163 e. The summed E-state index contributed by atoms with van der Waals surface area (Å²) in [5.41, 5.74) is 6.72. The average Bonchev–Trinajstić information content (AvgIpc) is 2.09. The van der Waals surface area contributed by atoms with Crippen molar-refractivity contribution in [2.24, 2.45) is 0 Å². The summed E-state index contributed by atoms with van der Waals surface area (Å²) >= 11 is 3.26. The van der Waals surface area contributed by atoms with Crippen LogP contribution < -0.4 is 10.5 Å². The van der Waals surface area contributed by atoms with E-state index >= 15 is 0 Å². The van der Waals surface area contributed by atoms with Crippen LogP contribution in [-0.2, 0) is 0 Å². The van der Waals surface area contributed by atoms with E-state index in [1.54, 1.807) is 12.1 Å². The van der Waals surface area contributed by atoms with Crippen LogP contribution in [0.4, 0.5) is 5.69 Å². The number of halogens is 1. The Hall–Kier alpha value is -1.03. The molecule has 0 unspecified atom stereocenters. The zero-order valence-electron chi connectivity index (χ0n) is 7.43. The number of anilines is 1. The summed E-state index contributed by atoms with van der Waals surface area (Å²) in [6.07, 6.45) is 0. The van der Waals surface area contributed by atoms with Gasteiger partial charge in [-0.15, -0.1) is 0 Å². The second-order valence-corrected chi connectivity index (χ2v) is 3.40. The SMILES string of the molecule is COc1c(C(C)=O)ccc(N)c1Br. The van der Waals surface area contributed by atoms with Gasteiger partial charge in [-0.2, -0.15) is 0 Å². The van der Waals surface area contributed by atoms with Gasteiger partial charge in [-0.1, -0.05) is 0 Å². The molecule has 0 aromatic heterocycles. The number of methoxy groups -OCH3 is 1. The molecular formula is C9H10BrNO2. The molecule has 4 heteroatoms. The predicted octanol–water partition coefficient (Wildman–Crippen LogP) is 2.24. The number of Topliss-reactive ketones (excluding diaryl/α,β-unsaturated/α-hetero) is 1. The Balaban J connectivity index is 3.38. The van der Waals surface area contributed by atoms with E-state index in [1.807, 2.05) is 0 Å². The van der Waals surface area contributed by atoms with Crippen LogP contribution in [0.2, 0.25) is 0 Å². The van der Waals surface area contributed by atoms with Crippen LogP contribution in [0.5, 0.6) is 5.75 Å². The van der Waals surface area contributed by atoms with Gasteiger partial charge < -0.3 is 10.5 Å². The van der Waals surface area contributed by atoms with E-state index in [2.05, 4.69) is 15.9 Å². The van der Waals surface area contributed by atoms with Gasteiger partial charge in [0.15, 0.2) is 5.78 Å². The summed E-state index contributed by atoms with van der Waals surface area (Å²) in [6.45, 7) is 1.49. The molecule has 0 aliphatic rings. The van der Waals surface area contributed by atoms with E-state index < -0.39 is 0 Å². The van der Waals surface area contributed by atoms with Crippen molar-refractivity contribution in [2.75, 3.05) is 12.8 Å². The molecule has 0 radical (unpaired) electrons. The van der Waals surface area contributed by atoms with Crippen molar-refractivity contribution in [1.82, 2.24) is 0 Å². The molecule has 0 aliphatic carbocycles. The lowest BCUT2D eigenvalue weighted by molar-refractivity contribution is 0.101. The Morgan fingerprint density at radius 2 is 2.15 bits per heavy atom. The van der Waals surface area contributed by atoms with Crippen LogP contribution in [0.1, 0.15) is 17.3 Å². The fraction of sp³-hybridized carbons (Fsp3) is 0.222. The van der Waals surface area contributed by atoms with Crippen molar-refractivity contribution < 1.29 is 9.53 Å². The Bertz CT molecular complexity index is 350. The van der Waals surface area contributed by atoms with Crippen LogP contribution in [0.15, 0.2) is 16.6 Å². The number of nitrogens with two attached hydrogens (primary N) is 1. The van der Waals surface area contributed by atoms with E-state index in [4.69, 9.17) is 10.5 Å². The number of benzene rings is 1. The molecule has 70 valence electrons. The van der Waals surface area contributed by atoms with Gasteiger partial charge in [-0.05, 0) is 35.0 Å². The maximum atomic E-state index is 11.1. The summed E-state index contributed by atoms with van der Waals surface area (Å²) in [5.74, 6) is 0.449. The smallest absolute Gasteiger partial charge is 0.163 e. The molecule has 3 nitrogen and oxygen atoms in total. The van der Waals surface area contributed by atoms with E-state index in [-0.39, 0.29) is 5.78 Å². The minimum atomic E-state index is -0.0439. The molecule has 0 fully saturated rings. The van der Waals surface area contributed by atoms with Crippen LogP contribution >= 0.6 is 15.9 Å². The summed E-state index contributed by atoms with van der Waals surface area (Å²) in [6, 6.07) is 3.32. The molecule has 0 saturated heterocycles. The molecule has 0 aliphatic heterocycles. The van der Waals surface area contributed by atoms with Crippen molar-refractivity contribution in [1.29, 1.82) is 0 Å². The van der Waals surface area contributed by atoms with Crippen molar-refractivity contribution in [3.05, 3.63) is 22.2 Å². The third-order valence-corrected chi connectivity index (χ3v) is 2.53. The number of carbonyl (C=O) groups is 1. The number of ketones is 1. The fourth-order valence-corrected chi connectivity index (χ4v) is 1.56. The Morgan fingerprint density at radius 1 is 1.54 bits per heavy atom. The van der Waals surface area contributed by atoms with Crippen LogP contribution in [0.25, 0.3) is 0 Å². The van der Waals surface area contributed by atoms with Crippen molar-refractivity contribution in [3.63, 3.8) is 0 Å². The van der Waals surface area contributed by atoms with E-state index in [0.717, 1.165) is 0 Å². The summed E-state index contributed by atoms with van der Waals surface area (Å²) < 4.78 is 5.70. The van der Waals surface area contributed by atoms with E-state index in [0.29, 0.717) is 21.5 Å². The molecule has 13 heavy (non-hydrogen) atoms. The van der Waals surface area contributed by atoms with Crippen molar-refractivity contribution >= 4 is 27.4 Å². The molecule has 0 bridgehead atoms. The molecule has 0 saturated carbocycles. The topological polar surface area (TPSA) is 52.3 Å². The highest BCUT2D eigenvalue weighted by Crippen LogP contribution is 2.34. The molecule has 0 heterocycles. The zero-order valence-corrected chi connectivity index (χ0v) is 9.01. The molecule has 0 spiro atoms. The molecule has 0 amide bonds. The van der Waals surface area contributed by atoms with Crippen LogP contribution in [0.3, 0.4) is 0 Å². The monoisotopic (exact) mass is 243 g/mol. The molecule has 1 rings (SSSR count). The van der Waals surface area contributed by atoms with Gasteiger partial charge >= 0.3 is 0 Å². The quantitative estimate of drug-likeness (QED) is 0.641.